The van der Waals surface area contributed by atoms with Gasteiger partial charge in [-0.1, -0.05) is 19.9 Å². The van der Waals surface area contributed by atoms with Crippen LogP contribution in [-0.4, -0.2) is 10.9 Å². The molecule has 112 valence electrons. The number of nitrogens with one attached hydrogen (secondary N) is 2. The van der Waals surface area contributed by atoms with E-state index in [4.69, 9.17) is 0 Å². The van der Waals surface area contributed by atoms with E-state index in [-0.39, 0.29) is 17.9 Å². The lowest BCUT2D eigenvalue weighted by atomic mass is 10.2. The van der Waals surface area contributed by atoms with Crippen LogP contribution in [0, 0.1) is 12.8 Å². The standard InChI is InChI=1S/C16H21N3OS/c1-10(2)16(20)19-14-7-5-6-13(8-14)18-12(4)15-11(3)17-9-21-15/h5-10,12,18H,1-4H3,(H,19,20). The van der Waals surface area contributed by atoms with Crippen molar-refractivity contribution in [2.75, 3.05) is 10.6 Å². The van der Waals surface area contributed by atoms with Crippen LogP contribution >= 0.6 is 11.3 Å². The van der Waals surface area contributed by atoms with E-state index in [9.17, 15) is 4.79 Å². The number of rotatable bonds is 5. The van der Waals surface area contributed by atoms with Crippen LogP contribution in [0.3, 0.4) is 0 Å². The van der Waals surface area contributed by atoms with Gasteiger partial charge in [0.05, 0.1) is 17.2 Å². The molecule has 2 rings (SSSR count). The first kappa shape index (κ1) is 15.5. The Morgan fingerprint density at radius 1 is 1.24 bits per heavy atom. The first-order chi connectivity index (χ1) is 9.97. The number of aryl methyl sites for hydroxylation is 1. The van der Waals surface area contributed by atoms with Crippen molar-refractivity contribution in [3.63, 3.8) is 0 Å². The van der Waals surface area contributed by atoms with Crippen molar-refractivity contribution in [2.45, 2.75) is 33.7 Å². The Morgan fingerprint density at radius 2 is 1.95 bits per heavy atom. The molecule has 1 heterocycles. The van der Waals surface area contributed by atoms with Crippen LogP contribution in [0.25, 0.3) is 0 Å². The summed E-state index contributed by atoms with van der Waals surface area (Å²) in [7, 11) is 0. The average Bonchev–Trinajstić information content (AvgIpc) is 2.85. The van der Waals surface area contributed by atoms with Gasteiger partial charge in [-0.25, -0.2) is 4.98 Å². The molecule has 0 bridgehead atoms. The summed E-state index contributed by atoms with van der Waals surface area (Å²) in [6, 6.07) is 7.97. The number of carbonyl (C=O) groups excluding carboxylic acids is 1. The molecule has 4 nitrogen and oxygen atoms in total. The van der Waals surface area contributed by atoms with Gasteiger partial charge in [-0.15, -0.1) is 11.3 Å². The maximum absolute atomic E-state index is 11.7. The Balaban J connectivity index is 2.07. The topological polar surface area (TPSA) is 54.0 Å². The van der Waals surface area contributed by atoms with Crippen molar-refractivity contribution in [1.29, 1.82) is 0 Å². The van der Waals surface area contributed by atoms with E-state index in [0.29, 0.717) is 0 Å². The highest BCUT2D eigenvalue weighted by molar-refractivity contribution is 7.09. The predicted octanol–water partition coefficient (Wildman–Crippen LogP) is 4.22. The lowest BCUT2D eigenvalue weighted by Crippen LogP contribution is -2.17. The zero-order chi connectivity index (χ0) is 15.4. The lowest BCUT2D eigenvalue weighted by Gasteiger charge is -2.16. The van der Waals surface area contributed by atoms with Gasteiger partial charge in [0.1, 0.15) is 0 Å². The maximum Gasteiger partial charge on any atom is 0.226 e. The van der Waals surface area contributed by atoms with Gasteiger partial charge in [0.25, 0.3) is 0 Å². The molecule has 2 aromatic rings. The van der Waals surface area contributed by atoms with Crippen molar-refractivity contribution < 1.29 is 4.79 Å². The van der Waals surface area contributed by atoms with Crippen molar-refractivity contribution in [1.82, 2.24) is 4.98 Å². The van der Waals surface area contributed by atoms with Crippen LogP contribution < -0.4 is 10.6 Å². The third-order valence-corrected chi connectivity index (χ3v) is 4.33. The minimum absolute atomic E-state index is 0.0264. The second-order valence-corrected chi connectivity index (χ2v) is 6.28. The molecule has 0 saturated carbocycles. The summed E-state index contributed by atoms with van der Waals surface area (Å²) < 4.78 is 0. The monoisotopic (exact) mass is 303 g/mol. The average molecular weight is 303 g/mol. The number of amides is 1. The Bertz CT molecular complexity index is 621. The number of nitrogens with zero attached hydrogens (tertiary/aromatic N) is 1. The molecule has 1 aromatic heterocycles. The maximum atomic E-state index is 11.7. The highest BCUT2D eigenvalue weighted by atomic mass is 32.1. The number of hydrogen-bond acceptors (Lipinski definition) is 4. The van der Waals surface area contributed by atoms with Gasteiger partial charge in [-0.2, -0.15) is 0 Å². The van der Waals surface area contributed by atoms with Crippen LogP contribution in [-0.2, 0) is 4.79 Å². The number of benzene rings is 1. The number of carbonyl (C=O) groups is 1. The Labute approximate surface area is 129 Å². The summed E-state index contributed by atoms with van der Waals surface area (Å²) in [6.07, 6.45) is 0. The molecule has 21 heavy (non-hydrogen) atoms. The van der Waals surface area contributed by atoms with Crippen LogP contribution in [0.2, 0.25) is 0 Å². The Kier molecular flexibility index (Phi) is 4.96. The van der Waals surface area contributed by atoms with Gasteiger partial charge in [0, 0.05) is 22.2 Å². The van der Waals surface area contributed by atoms with E-state index in [1.54, 1.807) is 11.3 Å². The molecule has 0 spiro atoms. The summed E-state index contributed by atoms with van der Waals surface area (Å²) in [5, 5.41) is 6.36. The summed E-state index contributed by atoms with van der Waals surface area (Å²) in [4.78, 5) is 17.2. The van der Waals surface area contributed by atoms with E-state index in [1.807, 2.05) is 50.5 Å². The molecule has 1 aromatic carbocycles. The summed E-state index contributed by atoms with van der Waals surface area (Å²) in [5.41, 5.74) is 4.72. The molecular formula is C16H21N3OS. The lowest BCUT2D eigenvalue weighted by molar-refractivity contribution is -0.118. The predicted molar refractivity (Wildman–Crippen MR) is 88.8 cm³/mol. The molecule has 0 saturated heterocycles. The minimum Gasteiger partial charge on any atom is -0.378 e. The zero-order valence-electron chi connectivity index (χ0n) is 12.8. The normalized spacial score (nSPS) is 12.2. The second kappa shape index (κ2) is 6.72. The summed E-state index contributed by atoms with van der Waals surface area (Å²) >= 11 is 1.65. The number of hydrogen-bond donors (Lipinski definition) is 2. The fourth-order valence-electron chi connectivity index (χ4n) is 2.02. The molecule has 2 N–H and O–H groups in total. The summed E-state index contributed by atoms with van der Waals surface area (Å²) in [6.45, 7) is 7.89. The SMILES string of the molecule is Cc1ncsc1C(C)Nc1cccc(NC(=O)C(C)C)c1. The largest absolute Gasteiger partial charge is 0.378 e. The molecule has 1 atom stereocenters. The molecule has 5 heteroatoms. The molecule has 0 aliphatic carbocycles. The van der Waals surface area contributed by atoms with Gasteiger partial charge >= 0.3 is 0 Å². The number of anilines is 2. The van der Waals surface area contributed by atoms with Crippen LogP contribution in [0.15, 0.2) is 29.8 Å². The third kappa shape index (κ3) is 4.04. The zero-order valence-corrected chi connectivity index (χ0v) is 13.6. The number of aromatic nitrogens is 1. The second-order valence-electron chi connectivity index (χ2n) is 5.39. The number of thiazole rings is 1. The van der Waals surface area contributed by atoms with E-state index < -0.39 is 0 Å². The fraction of sp³-hybridized carbons (Fsp3) is 0.375. The smallest absolute Gasteiger partial charge is 0.226 e. The Hall–Kier alpha value is -1.88. The third-order valence-electron chi connectivity index (χ3n) is 3.21. The molecule has 0 fully saturated rings. The van der Waals surface area contributed by atoms with Crippen LogP contribution in [0.1, 0.15) is 37.4 Å². The first-order valence-electron chi connectivity index (χ1n) is 7.05. The van der Waals surface area contributed by atoms with E-state index in [2.05, 4.69) is 22.5 Å². The van der Waals surface area contributed by atoms with Gasteiger partial charge in [-0.3, -0.25) is 4.79 Å². The Morgan fingerprint density at radius 3 is 2.57 bits per heavy atom. The molecule has 0 aliphatic heterocycles. The minimum atomic E-state index is -0.0274. The van der Waals surface area contributed by atoms with Crippen molar-refractivity contribution in [3.05, 3.63) is 40.3 Å². The quantitative estimate of drug-likeness (QED) is 0.869. The molecular weight excluding hydrogens is 282 g/mol. The van der Waals surface area contributed by atoms with Crippen LogP contribution in [0.5, 0.6) is 0 Å². The van der Waals surface area contributed by atoms with Gasteiger partial charge < -0.3 is 10.6 Å². The highest BCUT2D eigenvalue weighted by Gasteiger charge is 2.11. The fourth-order valence-corrected chi connectivity index (χ4v) is 2.83. The molecule has 0 aliphatic rings. The summed E-state index contributed by atoms with van der Waals surface area (Å²) in [5.74, 6) is -0.00104. The molecule has 1 unspecified atom stereocenters. The van der Waals surface area contributed by atoms with E-state index in [0.717, 1.165) is 17.1 Å². The van der Waals surface area contributed by atoms with E-state index >= 15 is 0 Å². The van der Waals surface area contributed by atoms with Gasteiger partial charge in [0.2, 0.25) is 5.91 Å². The van der Waals surface area contributed by atoms with E-state index in [1.165, 1.54) is 4.88 Å². The van der Waals surface area contributed by atoms with Gasteiger partial charge in [-0.05, 0) is 32.0 Å². The van der Waals surface area contributed by atoms with Crippen molar-refractivity contribution >= 4 is 28.6 Å². The van der Waals surface area contributed by atoms with Gasteiger partial charge in [0.15, 0.2) is 0 Å². The molecule has 0 radical (unpaired) electrons. The van der Waals surface area contributed by atoms with Crippen molar-refractivity contribution in [2.24, 2.45) is 5.92 Å². The van der Waals surface area contributed by atoms with Crippen molar-refractivity contribution in [3.8, 4) is 0 Å². The first-order valence-corrected chi connectivity index (χ1v) is 7.92. The van der Waals surface area contributed by atoms with Crippen LogP contribution in [0.4, 0.5) is 11.4 Å². The molecule has 1 amide bonds. The highest BCUT2D eigenvalue weighted by Crippen LogP contribution is 2.26.